The fourth-order valence-electron chi connectivity index (χ4n) is 1.80. The number of alkyl halides is 3. The number of hydrogen-bond acceptors (Lipinski definition) is 2. The number of carbonyl (C=O) groups excluding carboxylic acids is 1. The maximum Gasteiger partial charge on any atom is 0.416 e. The van der Waals surface area contributed by atoms with E-state index in [1.807, 2.05) is 20.8 Å². The van der Waals surface area contributed by atoms with E-state index in [1.54, 1.807) is 7.05 Å². The first-order valence-electron chi connectivity index (χ1n) is 7.47. The lowest BCUT2D eigenvalue weighted by molar-refractivity contribution is -0.137. The Morgan fingerprint density at radius 2 is 1.56 bits per heavy atom. The first kappa shape index (κ1) is 23.5. The number of amides is 1. The highest BCUT2D eigenvalue weighted by Crippen LogP contribution is 2.28. The zero-order valence-corrected chi connectivity index (χ0v) is 17.0. The molecule has 5 nitrogen and oxygen atoms in total. The molecule has 0 spiro atoms. The van der Waals surface area contributed by atoms with Gasteiger partial charge in [-0.3, -0.25) is 9.79 Å². The van der Waals surface area contributed by atoms with Gasteiger partial charge in [0, 0.05) is 31.2 Å². The molecule has 0 atom stereocenters. The monoisotopic (exact) mass is 472 g/mol. The Morgan fingerprint density at radius 3 is 2.00 bits per heavy atom. The number of rotatable bonds is 4. The van der Waals surface area contributed by atoms with Crippen LogP contribution in [0.1, 0.15) is 36.7 Å². The quantitative estimate of drug-likeness (QED) is 0.273. The average molecular weight is 472 g/mol. The van der Waals surface area contributed by atoms with Gasteiger partial charge in [-0.05, 0) is 45.0 Å². The molecule has 1 rings (SSSR count). The Bertz CT molecular complexity index is 581. The molecule has 9 heteroatoms. The maximum atomic E-state index is 12.5. The number of benzene rings is 1. The highest BCUT2D eigenvalue weighted by atomic mass is 127. The lowest BCUT2D eigenvalue weighted by Gasteiger charge is -2.23. The number of hydrogen-bond donors (Lipinski definition) is 3. The summed E-state index contributed by atoms with van der Waals surface area (Å²) in [7, 11) is 1.64. The third-order valence-electron chi connectivity index (χ3n) is 2.89. The van der Waals surface area contributed by atoms with Crippen molar-refractivity contribution < 1.29 is 18.0 Å². The minimum atomic E-state index is -4.41. The molecule has 0 aliphatic rings. The van der Waals surface area contributed by atoms with Crippen molar-refractivity contribution >= 4 is 35.8 Å². The predicted molar refractivity (Wildman–Crippen MR) is 103 cm³/mol. The van der Waals surface area contributed by atoms with Crippen LogP contribution in [0.25, 0.3) is 0 Å². The second-order valence-electron chi connectivity index (χ2n) is 6.21. The molecular formula is C16H24F3IN4O. The molecule has 142 valence electrons. The van der Waals surface area contributed by atoms with E-state index in [0.717, 1.165) is 24.3 Å². The molecule has 3 N–H and O–H groups in total. The van der Waals surface area contributed by atoms with Crippen molar-refractivity contribution in [3.8, 4) is 0 Å². The SMILES string of the molecule is CN=C(NCCNC(=O)c1ccc(C(F)(F)F)cc1)NC(C)(C)C.I. The van der Waals surface area contributed by atoms with Crippen LogP contribution in [0.2, 0.25) is 0 Å². The van der Waals surface area contributed by atoms with E-state index in [-0.39, 0.29) is 35.1 Å². The topological polar surface area (TPSA) is 65.5 Å². The van der Waals surface area contributed by atoms with Gasteiger partial charge in [-0.15, -0.1) is 24.0 Å². The molecule has 0 saturated heterocycles. The summed E-state index contributed by atoms with van der Waals surface area (Å²) < 4.78 is 37.4. The third kappa shape index (κ3) is 8.94. The van der Waals surface area contributed by atoms with Gasteiger partial charge in [0.25, 0.3) is 5.91 Å². The zero-order valence-electron chi connectivity index (χ0n) is 14.6. The number of nitrogens with zero attached hydrogens (tertiary/aromatic N) is 1. The molecule has 0 aliphatic carbocycles. The molecule has 0 unspecified atom stereocenters. The van der Waals surface area contributed by atoms with Gasteiger partial charge in [-0.2, -0.15) is 13.2 Å². The number of aliphatic imine (C=N–C) groups is 1. The Hall–Kier alpha value is -1.52. The van der Waals surface area contributed by atoms with Crippen LogP contribution in [0.5, 0.6) is 0 Å². The van der Waals surface area contributed by atoms with Crippen LogP contribution < -0.4 is 16.0 Å². The molecule has 0 fully saturated rings. The van der Waals surface area contributed by atoms with Gasteiger partial charge in [0.2, 0.25) is 0 Å². The lowest BCUT2D eigenvalue weighted by Crippen LogP contribution is -2.49. The van der Waals surface area contributed by atoms with Gasteiger partial charge in [0.15, 0.2) is 5.96 Å². The van der Waals surface area contributed by atoms with Gasteiger partial charge in [0.05, 0.1) is 5.56 Å². The summed E-state index contributed by atoms with van der Waals surface area (Å²) in [5, 5.41) is 8.84. The molecule has 0 radical (unpaired) electrons. The average Bonchev–Trinajstić information content (AvgIpc) is 2.48. The Balaban J connectivity index is 0.00000576. The van der Waals surface area contributed by atoms with E-state index in [2.05, 4.69) is 20.9 Å². The number of nitrogens with one attached hydrogen (secondary N) is 3. The standard InChI is InChI=1S/C16H23F3N4O.HI/c1-15(2,3)23-14(20-4)22-10-9-21-13(24)11-5-7-12(8-6-11)16(17,18)19;/h5-8H,9-10H2,1-4H3,(H,21,24)(H2,20,22,23);1H. The molecule has 0 saturated carbocycles. The number of carbonyl (C=O) groups is 1. The molecule has 1 amide bonds. The van der Waals surface area contributed by atoms with Crippen LogP contribution in [0.3, 0.4) is 0 Å². The van der Waals surface area contributed by atoms with Crippen LogP contribution in [0, 0.1) is 0 Å². The molecule has 1 aromatic rings. The van der Waals surface area contributed by atoms with Crippen molar-refractivity contribution in [2.45, 2.75) is 32.5 Å². The Kier molecular flexibility index (Phi) is 9.23. The Labute approximate surface area is 162 Å². The van der Waals surface area contributed by atoms with Crippen LogP contribution >= 0.6 is 24.0 Å². The second-order valence-corrected chi connectivity index (χ2v) is 6.21. The Morgan fingerprint density at radius 1 is 1.04 bits per heavy atom. The molecule has 0 aromatic heterocycles. The fourth-order valence-corrected chi connectivity index (χ4v) is 1.80. The predicted octanol–water partition coefficient (Wildman–Crippen LogP) is 3.02. The molecular weight excluding hydrogens is 448 g/mol. The van der Waals surface area contributed by atoms with Crippen molar-refractivity contribution in [3.05, 3.63) is 35.4 Å². The maximum absolute atomic E-state index is 12.5. The lowest BCUT2D eigenvalue weighted by atomic mass is 10.1. The highest BCUT2D eigenvalue weighted by molar-refractivity contribution is 14.0. The first-order chi connectivity index (χ1) is 11.0. The molecule has 1 aromatic carbocycles. The summed E-state index contributed by atoms with van der Waals surface area (Å²) in [5.41, 5.74) is -0.747. The van der Waals surface area contributed by atoms with Crippen molar-refractivity contribution in [3.63, 3.8) is 0 Å². The van der Waals surface area contributed by atoms with Crippen LogP contribution in [0.15, 0.2) is 29.3 Å². The van der Waals surface area contributed by atoms with E-state index >= 15 is 0 Å². The minimum Gasteiger partial charge on any atom is -0.355 e. The fraction of sp³-hybridized carbons (Fsp3) is 0.500. The van der Waals surface area contributed by atoms with Gasteiger partial charge in [-0.25, -0.2) is 0 Å². The van der Waals surface area contributed by atoms with Crippen molar-refractivity contribution in [1.82, 2.24) is 16.0 Å². The van der Waals surface area contributed by atoms with E-state index < -0.39 is 17.6 Å². The smallest absolute Gasteiger partial charge is 0.355 e. The van der Waals surface area contributed by atoms with E-state index in [1.165, 1.54) is 0 Å². The van der Waals surface area contributed by atoms with Crippen molar-refractivity contribution in [2.75, 3.05) is 20.1 Å². The third-order valence-corrected chi connectivity index (χ3v) is 2.89. The van der Waals surface area contributed by atoms with Gasteiger partial charge < -0.3 is 16.0 Å². The van der Waals surface area contributed by atoms with E-state index in [4.69, 9.17) is 0 Å². The number of guanidine groups is 1. The summed E-state index contributed by atoms with van der Waals surface area (Å²) in [4.78, 5) is 15.9. The normalized spacial score (nSPS) is 12.2. The van der Waals surface area contributed by atoms with Crippen LogP contribution in [-0.4, -0.2) is 37.5 Å². The summed E-state index contributed by atoms with van der Waals surface area (Å²) in [6, 6.07) is 4.10. The molecule has 0 heterocycles. The summed E-state index contributed by atoms with van der Waals surface area (Å²) >= 11 is 0. The highest BCUT2D eigenvalue weighted by Gasteiger charge is 2.30. The van der Waals surface area contributed by atoms with Gasteiger partial charge >= 0.3 is 6.18 Å². The summed E-state index contributed by atoms with van der Waals surface area (Å²) in [5.74, 6) is 0.176. The van der Waals surface area contributed by atoms with Gasteiger partial charge in [-0.1, -0.05) is 0 Å². The second kappa shape index (κ2) is 9.83. The minimum absolute atomic E-state index is 0. The van der Waals surface area contributed by atoms with E-state index in [0.29, 0.717) is 19.0 Å². The van der Waals surface area contributed by atoms with Crippen LogP contribution in [0.4, 0.5) is 13.2 Å². The first-order valence-corrected chi connectivity index (χ1v) is 7.47. The number of halogens is 4. The largest absolute Gasteiger partial charge is 0.416 e. The zero-order chi connectivity index (χ0) is 18.4. The van der Waals surface area contributed by atoms with Crippen LogP contribution in [-0.2, 0) is 6.18 Å². The summed E-state index contributed by atoms with van der Waals surface area (Å²) in [6.45, 7) is 6.72. The van der Waals surface area contributed by atoms with Crippen molar-refractivity contribution in [1.29, 1.82) is 0 Å². The molecule has 0 bridgehead atoms. The van der Waals surface area contributed by atoms with Gasteiger partial charge in [0.1, 0.15) is 0 Å². The molecule has 0 aliphatic heterocycles. The molecule has 25 heavy (non-hydrogen) atoms. The van der Waals surface area contributed by atoms with Crippen molar-refractivity contribution in [2.24, 2.45) is 4.99 Å². The summed E-state index contributed by atoms with van der Waals surface area (Å²) in [6.07, 6.45) is -4.41. The van der Waals surface area contributed by atoms with E-state index in [9.17, 15) is 18.0 Å².